The van der Waals surface area contributed by atoms with Gasteiger partial charge in [0.05, 0.1) is 35.4 Å². The Hall–Kier alpha value is -1.40. The monoisotopic (exact) mass is 326 g/mol. The van der Waals surface area contributed by atoms with E-state index >= 15 is 0 Å². The van der Waals surface area contributed by atoms with E-state index in [1.807, 2.05) is 6.92 Å². The first-order chi connectivity index (χ1) is 10.4. The van der Waals surface area contributed by atoms with E-state index in [9.17, 15) is 13.2 Å². The molecule has 1 aliphatic heterocycles. The first-order valence-corrected chi connectivity index (χ1v) is 9.09. The average Bonchev–Trinajstić information content (AvgIpc) is 2.48. The molecule has 122 valence electrons. The molecule has 0 spiro atoms. The second-order valence-electron chi connectivity index (χ2n) is 5.47. The number of esters is 1. The molecule has 5 nitrogen and oxygen atoms in total. The molecule has 0 saturated carbocycles. The summed E-state index contributed by atoms with van der Waals surface area (Å²) in [6, 6.07) is 8.32. The molecule has 0 aromatic heterocycles. The van der Waals surface area contributed by atoms with Gasteiger partial charge in [-0.25, -0.2) is 8.42 Å². The van der Waals surface area contributed by atoms with Crippen LogP contribution in [-0.2, 0) is 24.1 Å². The minimum absolute atomic E-state index is 0.0328. The van der Waals surface area contributed by atoms with E-state index < -0.39 is 27.2 Å². The smallest absolute Gasteiger partial charge is 0.308 e. The SMILES string of the molecule is CCOC(=O)CC1O[C@@H](C)CC[C@@H]1S(=O)(=O)c1ccccc1. The lowest BCUT2D eigenvalue weighted by Gasteiger charge is -2.34. The fourth-order valence-electron chi connectivity index (χ4n) is 2.74. The van der Waals surface area contributed by atoms with Gasteiger partial charge in [-0.1, -0.05) is 18.2 Å². The summed E-state index contributed by atoms with van der Waals surface area (Å²) in [6.07, 6.45) is 0.405. The highest BCUT2D eigenvalue weighted by Gasteiger charge is 2.40. The predicted molar refractivity (Wildman–Crippen MR) is 82.2 cm³/mol. The van der Waals surface area contributed by atoms with Crippen LogP contribution in [0.5, 0.6) is 0 Å². The van der Waals surface area contributed by atoms with Crippen LogP contribution in [0, 0.1) is 0 Å². The highest BCUT2D eigenvalue weighted by Crippen LogP contribution is 2.31. The molecule has 3 atom stereocenters. The Morgan fingerprint density at radius 1 is 1.27 bits per heavy atom. The van der Waals surface area contributed by atoms with Gasteiger partial charge >= 0.3 is 5.97 Å². The van der Waals surface area contributed by atoms with Crippen molar-refractivity contribution in [3.05, 3.63) is 30.3 Å². The number of ether oxygens (including phenoxy) is 2. The summed E-state index contributed by atoms with van der Waals surface area (Å²) in [7, 11) is -3.53. The van der Waals surface area contributed by atoms with Crippen LogP contribution in [0.2, 0.25) is 0 Å². The maximum atomic E-state index is 12.8. The number of rotatable bonds is 5. The Morgan fingerprint density at radius 3 is 2.59 bits per heavy atom. The van der Waals surface area contributed by atoms with E-state index in [1.54, 1.807) is 37.3 Å². The number of hydrogen-bond acceptors (Lipinski definition) is 5. The maximum absolute atomic E-state index is 12.8. The summed E-state index contributed by atoms with van der Waals surface area (Å²) in [4.78, 5) is 12.0. The Morgan fingerprint density at radius 2 is 1.95 bits per heavy atom. The molecule has 1 heterocycles. The standard InChI is InChI=1S/C16H22O5S/c1-3-20-16(17)11-14-15(10-9-12(2)21-14)22(18,19)13-7-5-4-6-8-13/h4-8,12,14-15H,3,9-11H2,1-2H3/t12-,14?,15-/m0/s1. The Balaban J connectivity index is 2.24. The second kappa shape index (κ2) is 7.24. The van der Waals surface area contributed by atoms with Crippen molar-refractivity contribution >= 4 is 15.8 Å². The number of benzene rings is 1. The van der Waals surface area contributed by atoms with Crippen LogP contribution in [0.4, 0.5) is 0 Å². The van der Waals surface area contributed by atoms with Crippen molar-refractivity contribution in [3.8, 4) is 0 Å². The van der Waals surface area contributed by atoms with Crippen molar-refractivity contribution < 1.29 is 22.7 Å². The van der Waals surface area contributed by atoms with Gasteiger partial charge in [0.2, 0.25) is 0 Å². The van der Waals surface area contributed by atoms with Gasteiger partial charge in [-0.3, -0.25) is 4.79 Å². The number of carbonyl (C=O) groups is 1. The van der Waals surface area contributed by atoms with Crippen LogP contribution in [0.1, 0.15) is 33.1 Å². The van der Waals surface area contributed by atoms with Crippen LogP contribution in [0.3, 0.4) is 0 Å². The van der Waals surface area contributed by atoms with Gasteiger partial charge < -0.3 is 9.47 Å². The van der Waals surface area contributed by atoms with Gasteiger partial charge in [-0.15, -0.1) is 0 Å². The van der Waals surface area contributed by atoms with Crippen molar-refractivity contribution in [2.45, 2.75) is 55.5 Å². The van der Waals surface area contributed by atoms with E-state index in [4.69, 9.17) is 9.47 Å². The van der Waals surface area contributed by atoms with Crippen LogP contribution in [0.25, 0.3) is 0 Å². The summed E-state index contributed by atoms with van der Waals surface area (Å²) >= 11 is 0. The molecular formula is C16H22O5S. The van der Waals surface area contributed by atoms with E-state index in [-0.39, 0.29) is 24.0 Å². The minimum atomic E-state index is -3.53. The molecule has 0 N–H and O–H groups in total. The van der Waals surface area contributed by atoms with Crippen molar-refractivity contribution in [2.24, 2.45) is 0 Å². The first-order valence-electron chi connectivity index (χ1n) is 7.55. The zero-order valence-corrected chi connectivity index (χ0v) is 13.7. The summed E-state index contributed by atoms with van der Waals surface area (Å²) in [6.45, 7) is 3.89. The lowest BCUT2D eigenvalue weighted by atomic mass is 10.0. The molecule has 0 amide bonds. The zero-order valence-electron chi connectivity index (χ0n) is 12.9. The lowest BCUT2D eigenvalue weighted by Crippen LogP contribution is -2.44. The number of hydrogen-bond donors (Lipinski definition) is 0. The average molecular weight is 326 g/mol. The van der Waals surface area contributed by atoms with Crippen molar-refractivity contribution in [2.75, 3.05) is 6.61 Å². The van der Waals surface area contributed by atoms with Crippen LogP contribution < -0.4 is 0 Å². The Kier molecular flexibility index (Phi) is 5.58. The third kappa shape index (κ3) is 3.87. The molecule has 6 heteroatoms. The maximum Gasteiger partial charge on any atom is 0.308 e. The van der Waals surface area contributed by atoms with E-state index in [2.05, 4.69) is 0 Å². The highest BCUT2D eigenvalue weighted by molar-refractivity contribution is 7.92. The van der Waals surface area contributed by atoms with Gasteiger partial charge in [-0.05, 0) is 38.8 Å². The topological polar surface area (TPSA) is 69.7 Å². The minimum Gasteiger partial charge on any atom is -0.466 e. The highest BCUT2D eigenvalue weighted by atomic mass is 32.2. The second-order valence-corrected chi connectivity index (χ2v) is 7.64. The zero-order chi connectivity index (χ0) is 16.2. The van der Waals surface area contributed by atoms with Crippen LogP contribution >= 0.6 is 0 Å². The van der Waals surface area contributed by atoms with Crippen molar-refractivity contribution in [1.29, 1.82) is 0 Å². The van der Waals surface area contributed by atoms with Crippen LogP contribution in [-0.4, -0.2) is 38.5 Å². The fraction of sp³-hybridized carbons (Fsp3) is 0.562. The number of carbonyl (C=O) groups excluding carboxylic acids is 1. The molecule has 0 radical (unpaired) electrons. The summed E-state index contributed by atoms with van der Waals surface area (Å²) in [5, 5.41) is -0.712. The Bertz CT molecular complexity index is 596. The van der Waals surface area contributed by atoms with E-state index in [0.29, 0.717) is 12.8 Å². The van der Waals surface area contributed by atoms with Gasteiger partial charge in [0.1, 0.15) is 0 Å². The molecule has 1 unspecified atom stereocenters. The molecule has 0 bridgehead atoms. The van der Waals surface area contributed by atoms with Crippen molar-refractivity contribution in [3.63, 3.8) is 0 Å². The molecule has 1 aromatic rings. The summed E-state index contributed by atoms with van der Waals surface area (Å²) in [5.41, 5.74) is 0. The Labute approximate surface area is 131 Å². The molecule has 1 fully saturated rings. The summed E-state index contributed by atoms with van der Waals surface area (Å²) < 4.78 is 36.3. The largest absolute Gasteiger partial charge is 0.466 e. The molecule has 1 aliphatic rings. The van der Waals surface area contributed by atoms with Crippen LogP contribution in [0.15, 0.2) is 35.2 Å². The molecule has 22 heavy (non-hydrogen) atoms. The summed E-state index contributed by atoms with van der Waals surface area (Å²) in [5.74, 6) is -0.421. The van der Waals surface area contributed by atoms with Gasteiger partial charge in [-0.2, -0.15) is 0 Å². The van der Waals surface area contributed by atoms with E-state index in [0.717, 1.165) is 0 Å². The molecule has 2 rings (SSSR count). The third-order valence-corrected chi connectivity index (χ3v) is 6.09. The van der Waals surface area contributed by atoms with Gasteiger partial charge in [0.15, 0.2) is 9.84 Å². The first kappa shape index (κ1) is 17.0. The quantitative estimate of drug-likeness (QED) is 0.777. The fourth-order valence-corrected chi connectivity index (χ4v) is 4.64. The van der Waals surface area contributed by atoms with Crippen molar-refractivity contribution in [1.82, 2.24) is 0 Å². The van der Waals surface area contributed by atoms with Gasteiger partial charge in [0.25, 0.3) is 0 Å². The van der Waals surface area contributed by atoms with Gasteiger partial charge in [0, 0.05) is 0 Å². The molecule has 1 aromatic carbocycles. The molecule has 0 aliphatic carbocycles. The molecular weight excluding hydrogens is 304 g/mol. The molecule has 1 saturated heterocycles. The lowest BCUT2D eigenvalue weighted by molar-refractivity contribution is -0.148. The predicted octanol–water partition coefficient (Wildman–Crippen LogP) is 2.35. The third-order valence-electron chi connectivity index (χ3n) is 3.82. The normalized spacial score (nSPS) is 25.6. The number of sulfone groups is 1. The van der Waals surface area contributed by atoms with E-state index in [1.165, 1.54) is 0 Å².